The second-order valence-electron chi connectivity index (χ2n) is 8.78. The summed E-state index contributed by atoms with van der Waals surface area (Å²) in [5, 5.41) is -4.14. The summed E-state index contributed by atoms with van der Waals surface area (Å²) in [6, 6.07) is -19.8. The molecule has 0 saturated heterocycles. The fourth-order valence-corrected chi connectivity index (χ4v) is 4.79. The number of nitrogens with zero attached hydrogens (tertiary/aromatic N) is 1. The number of fused-ring (bicyclic) bond motifs is 9. The van der Waals surface area contributed by atoms with Gasteiger partial charge in [-0.25, -0.2) is 0 Å². The predicted octanol–water partition coefficient (Wildman–Crippen LogP) is 11.3. The van der Waals surface area contributed by atoms with Crippen LogP contribution >= 0.6 is 0 Å². The molecule has 2 heterocycles. The minimum atomic E-state index is -1.05. The average molecular weight is 549 g/mol. The van der Waals surface area contributed by atoms with E-state index < -0.39 is 211 Å². The molecule has 3 nitrogen and oxygen atoms in total. The van der Waals surface area contributed by atoms with E-state index in [-0.39, 0.29) is 10.8 Å². The van der Waals surface area contributed by atoms with Crippen LogP contribution in [0.2, 0.25) is 0 Å². The first-order valence-corrected chi connectivity index (χ1v) is 12.0. The zero-order valence-corrected chi connectivity index (χ0v) is 20.3. The molecule has 192 valence electrons. The molecule has 3 heteroatoms. The Morgan fingerprint density at radius 2 is 1.07 bits per heavy atom. The lowest BCUT2D eigenvalue weighted by atomic mass is 9.98. The smallest absolute Gasteiger partial charge is 0.137 e. The van der Waals surface area contributed by atoms with Gasteiger partial charge in [-0.3, -0.25) is 0 Å². The van der Waals surface area contributed by atoms with Crippen LogP contribution in [0.4, 0.5) is 17.1 Å². The van der Waals surface area contributed by atoms with Gasteiger partial charge in [-0.15, -0.1) is 0 Å². The van der Waals surface area contributed by atoms with Crippen molar-refractivity contribution in [3.05, 3.63) is 139 Å². The first-order valence-electron chi connectivity index (χ1n) is 23.5. The number of rotatable bonds is 3. The van der Waals surface area contributed by atoms with Gasteiger partial charge < -0.3 is 13.7 Å². The summed E-state index contributed by atoms with van der Waals surface area (Å²) in [6.07, 6.45) is 0. The minimum absolute atomic E-state index is 0.358. The fourth-order valence-electron chi connectivity index (χ4n) is 4.79. The van der Waals surface area contributed by atoms with E-state index in [2.05, 4.69) is 0 Å². The Morgan fingerprint density at radius 1 is 0.415 bits per heavy atom. The predicted molar refractivity (Wildman–Crippen MR) is 171 cm³/mol. The van der Waals surface area contributed by atoms with Gasteiger partial charge in [0.05, 0.1) is 42.6 Å². The molecule has 0 saturated carbocycles. The van der Waals surface area contributed by atoms with Crippen molar-refractivity contribution >= 4 is 82.5 Å². The molecule has 9 aromatic rings. The van der Waals surface area contributed by atoms with Crippen molar-refractivity contribution in [1.29, 1.82) is 0 Å². The summed E-state index contributed by atoms with van der Waals surface area (Å²) < 4.78 is 215. The second kappa shape index (κ2) is 8.48. The Kier molecular flexibility index (Phi) is 1.97. The maximum absolute atomic E-state index is 9.90. The lowest BCUT2D eigenvalue weighted by Crippen LogP contribution is -2.10. The first-order chi connectivity index (χ1) is 29.9. The van der Waals surface area contributed by atoms with Crippen LogP contribution in [-0.2, 0) is 0 Å². The lowest BCUT2D eigenvalue weighted by molar-refractivity contribution is 0.669. The molecule has 0 aliphatic heterocycles. The van der Waals surface area contributed by atoms with Crippen molar-refractivity contribution in [2.75, 3.05) is 4.90 Å². The van der Waals surface area contributed by atoms with Crippen LogP contribution in [0.25, 0.3) is 65.4 Å². The second-order valence-corrected chi connectivity index (χ2v) is 8.78. The molecular formula is C38H23NO2. The summed E-state index contributed by atoms with van der Waals surface area (Å²) in [4.78, 5) is 0.568. The average Bonchev–Trinajstić information content (AvgIpc) is 3.87. The maximum atomic E-state index is 9.90. The SMILES string of the molecule is [2H]c1c([2H])c([2H])c(N(c2c([2H])c([2H])c3c([2H])c([2H])c4c([2H])c5oc6c([2H])c([2H])c([2H])c([2H])c6c5c([2H])c4c3c2[2H])c2c([2H])c([2H])c([2H])c3oc4c([2H])c([2H])c([2H])c([2H])c4c23)c([2H])c1[2H]. The Morgan fingerprint density at radius 3 is 1.95 bits per heavy atom. The van der Waals surface area contributed by atoms with Crippen LogP contribution < -0.4 is 4.90 Å². The third-order valence-electron chi connectivity index (χ3n) is 6.52. The topological polar surface area (TPSA) is 29.5 Å². The monoisotopic (exact) mass is 548 g/mol. The Hall–Kier alpha value is -5.54. The van der Waals surface area contributed by atoms with Crippen molar-refractivity contribution in [3.63, 3.8) is 0 Å². The summed E-state index contributed by atoms with van der Waals surface area (Å²) in [5.74, 6) is 0. The maximum Gasteiger partial charge on any atom is 0.137 e. The highest BCUT2D eigenvalue weighted by molar-refractivity contribution is 6.18. The van der Waals surface area contributed by atoms with Gasteiger partial charge in [0.2, 0.25) is 0 Å². The number of para-hydroxylation sites is 3. The van der Waals surface area contributed by atoms with Gasteiger partial charge in [-0.2, -0.15) is 0 Å². The van der Waals surface area contributed by atoms with Crippen LogP contribution in [0.5, 0.6) is 0 Å². The van der Waals surface area contributed by atoms with E-state index in [4.69, 9.17) is 32.1 Å². The van der Waals surface area contributed by atoms with Gasteiger partial charge in [0, 0.05) is 27.5 Å². The summed E-state index contributed by atoms with van der Waals surface area (Å²) >= 11 is 0. The zero-order valence-electron chi connectivity index (χ0n) is 43.3. The van der Waals surface area contributed by atoms with Gasteiger partial charge in [0.25, 0.3) is 0 Å². The van der Waals surface area contributed by atoms with Crippen LogP contribution in [0.1, 0.15) is 31.5 Å². The number of benzene rings is 7. The molecule has 0 aliphatic carbocycles. The van der Waals surface area contributed by atoms with E-state index in [1.807, 2.05) is 0 Å². The van der Waals surface area contributed by atoms with Crippen LogP contribution in [0.15, 0.2) is 148 Å². The standard InChI is InChI=1S/C38H23NO2/c1-2-9-26(10-3-1)39(33-13-8-16-36-38(33)29-12-5-7-15-35(29)40-36)27-20-19-24-17-18-25-21-37-32(23-31(25)30(24)22-27)28-11-4-6-14-34(28)41-37/h1-23H/i1D,2D,3D,4D,5D,6D,7D,8D,9D,10D,11D,12D,13D,14D,15D,16D,17D,18D,19D,20D,21D,22D,23D. The number of hydrogen-bond acceptors (Lipinski definition) is 3. The van der Waals surface area contributed by atoms with Crippen molar-refractivity contribution in [2.24, 2.45) is 0 Å². The Labute approximate surface area is 267 Å². The lowest BCUT2D eigenvalue weighted by Gasteiger charge is -2.26. The third-order valence-corrected chi connectivity index (χ3v) is 6.52. The largest absolute Gasteiger partial charge is 0.456 e. The number of anilines is 3. The van der Waals surface area contributed by atoms with E-state index in [0.717, 1.165) is 0 Å². The van der Waals surface area contributed by atoms with E-state index in [0.29, 0.717) is 4.90 Å². The van der Waals surface area contributed by atoms with E-state index in [9.17, 15) is 8.22 Å². The van der Waals surface area contributed by atoms with Gasteiger partial charge in [0.15, 0.2) is 0 Å². The van der Waals surface area contributed by atoms with Crippen molar-refractivity contribution in [3.8, 4) is 0 Å². The Bertz CT molecular complexity index is 3700. The molecule has 0 radical (unpaired) electrons. The molecule has 41 heavy (non-hydrogen) atoms. The van der Waals surface area contributed by atoms with E-state index >= 15 is 0 Å². The summed E-state index contributed by atoms with van der Waals surface area (Å²) in [5.41, 5.74) is -4.84. The fraction of sp³-hybridized carbons (Fsp3) is 0. The first kappa shape index (κ1) is 9.53. The molecule has 0 amide bonds. The quantitative estimate of drug-likeness (QED) is 0.206. The van der Waals surface area contributed by atoms with Crippen LogP contribution in [0.3, 0.4) is 0 Å². The van der Waals surface area contributed by atoms with Gasteiger partial charge >= 0.3 is 0 Å². The van der Waals surface area contributed by atoms with Crippen molar-refractivity contribution < 1.29 is 40.4 Å². The molecule has 0 fully saturated rings. The number of furan rings is 2. The molecule has 0 spiro atoms. The molecule has 0 bridgehead atoms. The molecule has 7 aromatic carbocycles. The highest BCUT2D eigenvalue weighted by Crippen LogP contribution is 2.44. The molecule has 0 atom stereocenters. The normalized spacial score (nSPS) is 19.8. The molecule has 2 aromatic heterocycles. The van der Waals surface area contributed by atoms with Gasteiger partial charge in [-0.1, -0.05) is 78.6 Å². The van der Waals surface area contributed by atoms with Gasteiger partial charge in [0.1, 0.15) is 22.3 Å². The summed E-state index contributed by atoms with van der Waals surface area (Å²) in [6.45, 7) is 0. The Balaban J connectivity index is 1.60. The number of hydrogen-bond donors (Lipinski definition) is 0. The minimum Gasteiger partial charge on any atom is -0.456 e. The molecule has 0 aliphatic rings. The van der Waals surface area contributed by atoms with Crippen LogP contribution in [0, 0.1) is 0 Å². The molecule has 0 N–H and O–H groups in total. The van der Waals surface area contributed by atoms with E-state index in [1.165, 1.54) is 0 Å². The van der Waals surface area contributed by atoms with Crippen molar-refractivity contribution in [1.82, 2.24) is 0 Å². The molecule has 9 rings (SSSR count). The third kappa shape index (κ3) is 3.33. The van der Waals surface area contributed by atoms with E-state index in [1.54, 1.807) is 0 Å². The highest BCUT2D eigenvalue weighted by Gasteiger charge is 2.20. The van der Waals surface area contributed by atoms with Gasteiger partial charge in [-0.05, 0) is 82.0 Å². The van der Waals surface area contributed by atoms with Crippen molar-refractivity contribution in [2.45, 2.75) is 0 Å². The highest BCUT2D eigenvalue weighted by atomic mass is 16.3. The summed E-state index contributed by atoms with van der Waals surface area (Å²) in [7, 11) is 0. The zero-order chi connectivity index (χ0) is 46.9. The molecular weight excluding hydrogens is 502 g/mol. The molecule has 0 unspecified atom stereocenters. The van der Waals surface area contributed by atoms with Crippen LogP contribution in [-0.4, -0.2) is 0 Å².